The predicted molar refractivity (Wildman–Crippen MR) is 89.5 cm³/mol. The molecule has 7 heteroatoms. The van der Waals surface area contributed by atoms with Crippen LogP contribution >= 0.6 is 15.9 Å². The molecule has 1 aromatic carbocycles. The number of rotatable bonds is 5. The minimum atomic E-state index is -0.443. The summed E-state index contributed by atoms with van der Waals surface area (Å²) in [5, 5.41) is 2.82. The number of nitrogens with zero attached hydrogens (tertiary/aromatic N) is 1. The second-order valence-corrected chi connectivity index (χ2v) is 6.47. The molecule has 2 amide bonds. The second-order valence-electron chi connectivity index (χ2n) is 5.62. The van der Waals surface area contributed by atoms with Crippen LogP contribution in [0.1, 0.15) is 36.0 Å². The van der Waals surface area contributed by atoms with Gasteiger partial charge in [-0.25, -0.2) is 4.39 Å². The zero-order valence-electron chi connectivity index (χ0n) is 12.9. The molecule has 0 radical (unpaired) electrons. The van der Waals surface area contributed by atoms with Crippen molar-refractivity contribution in [2.24, 2.45) is 5.73 Å². The lowest BCUT2D eigenvalue weighted by molar-refractivity contribution is -0.121. The van der Waals surface area contributed by atoms with Crippen molar-refractivity contribution in [3.8, 4) is 0 Å². The number of benzene rings is 1. The predicted octanol–water partition coefficient (Wildman–Crippen LogP) is 2.05. The molecule has 1 heterocycles. The summed E-state index contributed by atoms with van der Waals surface area (Å²) in [6.07, 6.45) is 3.01. The van der Waals surface area contributed by atoms with Crippen molar-refractivity contribution in [3.63, 3.8) is 0 Å². The van der Waals surface area contributed by atoms with Crippen LogP contribution in [-0.4, -0.2) is 42.4 Å². The normalized spacial score (nSPS) is 17.9. The third-order valence-corrected chi connectivity index (χ3v) is 4.64. The van der Waals surface area contributed by atoms with Crippen LogP contribution in [0.15, 0.2) is 22.7 Å². The fraction of sp³-hybridized carbons (Fsp3) is 0.500. The van der Waals surface area contributed by atoms with E-state index in [0.717, 1.165) is 19.3 Å². The van der Waals surface area contributed by atoms with Gasteiger partial charge in [-0.1, -0.05) is 0 Å². The van der Waals surface area contributed by atoms with Crippen molar-refractivity contribution in [1.82, 2.24) is 10.2 Å². The number of carbonyl (C=O) groups excluding carboxylic acids is 2. The fourth-order valence-corrected chi connectivity index (χ4v) is 3.16. The maximum absolute atomic E-state index is 13.5. The van der Waals surface area contributed by atoms with E-state index < -0.39 is 5.82 Å². The molecular formula is C16H21BrFN3O2. The van der Waals surface area contributed by atoms with Gasteiger partial charge >= 0.3 is 0 Å². The fourth-order valence-electron chi connectivity index (χ4n) is 2.75. The molecule has 1 fully saturated rings. The molecule has 0 aromatic heterocycles. The molecule has 1 atom stereocenters. The van der Waals surface area contributed by atoms with E-state index in [4.69, 9.17) is 5.73 Å². The number of likely N-dealkylation sites (tertiary alicyclic amines) is 1. The molecule has 1 aliphatic heterocycles. The molecule has 1 aromatic rings. The molecule has 126 valence electrons. The van der Waals surface area contributed by atoms with Crippen LogP contribution in [0, 0.1) is 5.82 Å². The molecule has 1 unspecified atom stereocenters. The quantitative estimate of drug-likeness (QED) is 0.814. The standard InChI is InChI=1S/C16H21BrFN3O2/c17-14-5-4-11(18)9-13(14)16(23)21-8-2-1-3-12(21)10-20-15(22)6-7-19/h4-5,9,12H,1-3,6-8,10,19H2,(H,20,22). The summed E-state index contributed by atoms with van der Waals surface area (Å²) in [5.41, 5.74) is 5.66. The lowest BCUT2D eigenvalue weighted by Gasteiger charge is -2.36. The Morgan fingerprint density at radius 2 is 2.17 bits per heavy atom. The highest BCUT2D eigenvalue weighted by atomic mass is 79.9. The van der Waals surface area contributed by atoms with Crippen molar-refractivity contribution in [3.05, 3.63) is 34.1 Å². The van der Waals surface area contributed by atoms with Crippen LogP contribution < -0.4 is 11.1 Å². The molecule has 5 nitrogen and oxygen atoms in total. The molecule has 2 rings (SSSR count). The monoisotopic (exact) mass is 385 g/mol. The summed E-state index contributed by atoms with van der Waals surface area (Å²) in [6, 6.07) is 4.00. The largest absolute Gasteiger partial charge is 0.354 e. The molecule has 0 bridgehead atoms. The highest BCUT2D eigenvalue weighted by molar-refractivity contribution is 9.10. The summed E-state index contributed by atoms with van der Waals surface area (Å²) in [6.45, 7) is 1.31. The molecule has 1 aliphatic rings. The average Bonchev–Trinajstić information content (AvgIpc) is 2.55. The number of hydrogen-bond donors (Lipinski definition) is 2. The third-order valence-electron chi connectivity index (χ3n) is 3.95. The number of nitrogens with one attached hydrogen (secondary N) is 1. The highest BCUT2D eigenvalue weighted by Crippen LogP contribution is 2.24. The topological polar surface area (TPSA) is 75.4 Å². The Morgan fingerprint density at radius 1 is 1.39 bits per heavy atom. The Labute approximate surface area is 143 Å². The van der Waals surface area contributed by atoms with E-state index >= 15 is 0 Å². The average molecular weight is 386 g/mol. The van der Waals surface area contributed by atoms with E-state index in [1.807, 2.05) is 0 Å². The molecule has 0 aliphatic carbocycles. The van der Waals surface area contributed by atoms with Gasteiger partial charge in [0.15, 0.2) is 0 Å². The van der Waals surface area contributed by atoms with Gasteiger partial charge in [-0.3, -0.25) is 9.59 Å². The maximum Gasteiger partial charge on any atom is 0.255 e. The van der Waals surface area contributed by atoms with Crippen LogP contribution in [-0.2, 0) is 4.79 Å². The van der Waals surface area contributed by atoms with Crippen molar-refractivity contribution in [1.29, 1.82) is 0 Å². The second kappa shape index (κ2) is 8.40. The highest BCUT2D eigenvalue weighted by Gasteiger charge is 2.28. The molecule has 1 saturated heterocycles. The van der Waals surface area contributed by atoms with Crippen LogP contribution in [0.2, 0.25) is 0 Å². The van der Waals surface area contributed by atoms with Crippen LogP contribution in [0.5, 0.6) is 0 Å². The smallest absolute Gasteiger partial charge is 0.255 e. The van der Waals surface area contributed by atoms with E-state index in [9.17, 15) is 14.0 Å². The summed E-state index contributed by atoms with van der Waals surface area (Å²) in [4.78, 5) is 26.1. The summed E-state index contributed by atoms with van der Waals surface area (Å²) in [5.74, 6) is -0.770. The number of amides is 2. The first-order chi connectivity index (χ1) is 11.0. The summed E-state index contributed by atoms with van der Waals surface area (Å²) in [7, 11) is 0. The first-order valence-electron chi connectivity index (χ1n) is 7.75. The van der Waals surface area contributed by atoms with E-state index in [1.165, 1.54) is 18.2 Å². The number of hydrogen-bond acceptors (Lipinski definition) is 3. The number of carbonyl (C=O) groups is 2. The Kier molecular flexibility index (Phi) is 6.53. The van der Waals surface area contributed by atoms with Gasteiger partial charge in [0.1, 0.15) is 5.82 Å². The number of nitrogens with two attached hydrogens (primary N) is 1. The zero-order chi connectivity index (χ0) is 16.8. The number of piperidine rings is 1. The van der Waals surface area contributed by atoms with Crippen LogP contribution in [0.3, 0.4) is 0 Å². The van der Waals surface area contributed by atoms with Gasteiger partial charge in [-0.05, 0) is 53.4 Å². The van der Waals surface area contributed by atoms with Gasteiger partial charge in [0.25, 0.3) is 5.91 Å². The Morgan fingerprint density at radius 3 is 2.91 bits per heavy atom. The summed E-state index contributed by atoms with van der Waals surface area (Å²) >= 11 is 3.30. The van der Waals surface area contributed by atoms with Gasteiger partial charge < -0.3 is 16.0 Å². The third kappa shape index (κ3) is 4.75. The zero-order valence-corrected chi connectivity index (χ0v) is 14.4. The van der Waals surface area contributed by atoms with Crippen molar-refractivity contribution in [2.75, 3.05) is 19.6 Å². The number of halogens is 2. The van der Waals surface area contributed by atoms with Gasteiger partial charge in [0, 0.05) is 36.6 Å². The summed E-state index contributed by atoms with van der Waals surface area (Å²) < 4.78 is 14.0. The minimum absolute atomic E-state index is 0.0758. The van der Waals surface area contributed by atoms with Crippen molar-refractivity contribution >= 4 is 27.7 Å². The molecule has 0 spiro atoms. The molecule has 0 saturated carbocycles. The minimum Gasteiger partial charge on any atom is -0.354 e. The first kappa shape index (κ1) is 17.9. The Balaban J connectivity index is 2.09. The Bertz CT molecular complexity index is 582. The van der Waals surface area contributed by atoms with Gasteiger partial charge in [-0.15, -0.1) is 0 Å². The molecular weight excluding hydrogens is 365 g/mol. The maximum atomic E-state index is 13.5. The van der Waals surface area contributed by atoms with Crippen LogP contribution in [0.25, 0.3) is 0 Å². The van der Waals surface area contributed by atoms with Crippen molar-refractivity contribution < 1.29 is 14.0 Å². The van der Waals surface area contributed by atoms with E-state index in [-0.39, 0.29) is 24.3 Å². The molecule has 23 heavy (non-hydrogen) atoms. The van der Waals surface area contributed by atoms with E-state index in [1.54, 1.807) is 4.90 Å². The lowest BCUT2D eigenvalue weighted by Crippen LogP contribution is -2.49. The molecule has 3 N–H and O–H groups in total. The Hall–Kier alpha value is -1.47. The van der Waals surface area contributed by atoms with Crippen molar-refractivity contribution in [2.45, 2.75) is 31.7 Å². The van der Waals surface area contributed by atoms with Gasteiger partial charge in [0.05, 0.1) is 5.56 Å². The van der Waals surface area contributed by atoms with E-state index in [2.05, 4.69) is 21.2 Å². The van der Waals surface area contributed by atoms with E-state index in [0.29, 0.717) is 29.7 Å². The van der Waals surface area contributed by atoms with Gasteiger partial charge in [0.2, 0.25) is 5.91 Å². The first-order valence-corrected chi connectivity index (χ1v) is 8.55. The SMILES string of the molecule is NCCC(=O)NCC1CCCCN1C(=O)c1cc(F)ccc1Br. The lowest BCUT2D eigenvalue weighted by atomic mass is 10.0. The van der Waals surface area contributed by atoms with Gasteiger partial charge in [-0.2, -0.15) is 0 Å². The van der Waals surface area contributed by atoms with Crippen LogP contribution in [0.4, 0.5) is 4.39 Å².